The molecule has 0 aliphatic heterocycles. The van der Waals surface area contributed by atoms with Crippen molar-refractivity contribution < 1.29 is 29.3 Å². The molecule has 4 heterocycles. The lowest BCUT2D eigenvalue weighted by Crippen LogP contribution is -2.21. The molecule has 0 aliphatic carbocycles. The van der Waals surface area contributed by atoms with Crippen molar-refractivity contribution in [3.05, 3.63) is 83.9 Å². The van der Waals surface area contributed by atoms with Gasteiger partial charge in [-0.05, 0) is 88.4 Å². The third-order valence-electron chi connectivity index (χ3n) is 9.46. The van der Waals surface area contributed by atoms with E-state index in [0.29, 0.717) is 22.5 Å². The number of carbonyl (C=O) groups is 2. The van der Waals surface area contributed by atoms with E-state index >= 15 is 0 Å². The van der Waals surface area contributed by atoms with Crippen LogP contribution in [0.15, 0.2) is 72.8 Å². The molecule has 0 unspecified atom stereocenters. The van der Waals surface area contributed by atoms with E-state index in [1.165, 1.54) is 0 Å². The number of anilines is 2. The van der Waals surface area contributed by atoms with Gasteiger partial charge in [-0.1, -0.05) is 0 Å². The van der Waals surface area contributed by atoms with Crippen LogP contribution in [0.5, 0.6) is 11.5 Å². The van der Waals surface area contributed by atoms with E-state index < -0.39 is 11.9 Å². The van der Waals surface area contributed by atoms with Crippen LogP contribution in [-0.4, -0.2) is 89.7 Å². The summed E-state index contributed by atoms with van der Waals surface area (Å²) in [6.45, 7) is 11.5. The fourth-order valence-electron chi connectivity index (χ4n) is 6.72. The van der Waals surface area contributed by atoms with E-state index in [1.807, 2.05) is 64.5 Å². The standard InChI is InChI=1S/C36H38N8O6/c1-5-37(6-2)25-11-15-29(33(45)21-25)41-39-27-13-9-23(19-31(27)43(39)41)35(47)49-17-18-50-36(48)24-10-14-28-32(20-24)44-40(28)42(44)30-16-12-26(22-34(30)46)38(7-3)8-4/h9-16,19-22,45-46H,5-8,17-18H2,1-4H3. The average Bonchev–Trinajstić information content (AvgIpc) is 3.98. The molecule has 0 fully saturated rings. The summed E-state index contributed by atoms with van der Waals surface area (Å²) in [6.07, 6.45) is 0. The molecule has 8 rings (SSSR count). The first kappa shape index (κ1) is 31.1. The summed E-state index contributed by atoms with van der Waals surface area (Å²) in [5, 5.41) is 21.5. The Morgan fingerprint density at radius 3 is 1.28 bits per heavy atom. The van der Waals surface area contributed by atoms with E-state index in [0.717, 1.165) is 59.6 Å². The van der Waals surface area contributed by atoms with Crippen LogP contribution in [0.1, 0.15) is 48.4 Å². The first-order valence-corrected chi connectivity index (χ1v) is 16.9. The number of phenols is 2. The average molecular weight is 679 g/mol. The second kappa shape index (κ2) is 11.8. The van der Waals surface area contributed by atoms with Crippen molar-refractivity contribution >= 4 is 45.4 Å². The maximum atomic E-state index is 12.8. The molecule has 0 amide bonds. The van der Waals surface area contributed by atoms with Gasteiger partial charge in [0.25, 0.3) is 0 Å². The summed E-state index contributed by atoms with van der Waals surface area (Å²) in [7, 11) is 0. The van der Waals surface area contributed by atoms with Gasteiger partial charge in [-0.2, -0.15) is 0 Å². The molecule has 50 heavy (non-hydrogen) atoms. The second-order valence-corrected chi connectivity index (χ2v) is 12.1. The number of benzene rings is 4. The van der Waals surface area contributed by atoms with E-state index in [9.17, 15) is 19.8 Å². The Kier molecular flexibility index (Phi) is 7.31. The number of hydrogen-bond acceptors (Lipinski definition) is 8. The Labute approximate surface area is 286 Å². The van der Waals surface area contributed by atoms with Crippen molar-refractivity contribution in [3.63, 3.8) is 0 Å². The lowest BCUT2D eigenvalue weighted by Gasteiger charge is -2.21. The highest BCUT2D eigenvalue weighted by atomic mass is 16.6. The number of rotatable bonds is 13. The topological polar surface area (TPSA) is 127 Å². The molecule has 2 N–H and O–H groups in total. The van der Waals surface area contributed by atoms with Crippen molar-refractivity contribution in [1.29, 1.82) is 0 Å². The lowest BCUT2D eigenvalue weighted by molar-refractivity contribution is 0.0266. The van der Waals surface area contributed by atoms with Crippen LogP contribution >= 0.6 is 0 Å². The molecule has 258 valence electrons. The first-order valence-electron chi connectivity index (χ1n) is 16.9. The largest absolute Gasteiger partial charge is 0.506 e. The van der Waals surface area contributed by atoms with Gasteiger partial charge in [0.2, 0.25) is 0 Å². The number of hydrogen-bond donors (Lipinski definition) is 2. The van der Waals surface area contributed by atoms with Crippen LogP contribution in [-0.2, 0) is 9.47 Å². The minimum absolute atomic E-state index is 0.0994. The Morgan fingerprint density at radius 1 is 0.540 bits per heavy atom. The SMILES string of the molecule is CCN(CC)c1ccc(-n2n3c4ccc(C(=O)OCCOC(=O)c5ccc6c(c5)n5n(-c7ccc(N(CC)CC)cc7O)n65)cc4n23)c(O)c1. The molecule has 0 saturated carbocycles. The number of nitrogens with zero attached hydrogens (tertiary/aromatic N) is 8. The Hall–Kier alpha value is -6.18. The van der Waals surface area contributed by atoms with E-state index in [2.05, 4.69) is 37.5 Å². The molecule has 0 spiro atoms. The molecule has 4 aromatic heterocycles. The summed E-state index contributed by atoms with van der Waals surface area (Å²) >= 11 is 0. The van der Waals surface area contributed by atoms with Crippen LogP contribution < -0.4 is 9.80 Å². The first-order chi connectivity index (χ1) is 24.3. The maximum Gasteiger partial charge on any atom is 0.338 e. The van der Waals surface area contributed by atoms with Crippen molar-refractivity contribution in [1.82, 2.24) is 28.1 Å². The molecule has 0 radical (unpaired) electrons. The highest BCUT2D eigenvalue weighted by Crippen LogP contribution is 2.35. The number of phenolic OH excluding ortho intramolecular Hbond substituents is 2. The zero-order valence-electron chi connectivity index (χ0n) is 28.3. The van der Waals surface area contributed by atoms with Gasteiger partial charge in [-0.25, -0.2) is 9.59 Å². The number of carbonyl (C=O) groups excluding carboxylic acids is 2. The fraction of sp³-hybridized carbons (Fsp3) is 0.278. The van der Waals surface area contributed by atoms with Crippen LogP contribution in [0.2, 0.25) is 0 Å². The predicted molar refractivity (Wildman–Crippen MR) is 189 cm³/mol. The van der Waals surface area contributed by atoms with Gasteiger partial charge in [0.15, 0.2) is 0 Å². The van der Waals surface area contributed by atoms with E-state index in [-0.39, 0.29) is 24.7 Å². The van der Waals surface area contributed by atoms with Gasteiger partial charge >= 0.3 is 11.9 Å². The molecule has 14 nitrogen and oxygen atoms in total. The molecule has 4 aromatic carbocycles. The quantitative estimate of drug-likeness (QED) is 0.125. The maximum absolute atomic E-state index is 12.8. The molecular weight excluding hydrogens is 640 g/mol. The molecule has 0 aliphatic rings. The lowest BCUT2D eigenvalue weighted by atomic mass is 10.2. The Bertz CT molecular complexity index is 2310. The molecular formula is C36H38N8O6. The van der Waals surface area contributed by atoms with Gasteiger partial charge in [0, 0.05) is 49.7 Å². The third-order valence-corrected chi connectivity index (χ3v) is 9.46. The van der Waals surface area contributed by atoms with Crippen molar-refractivity contribution in [3.8, 4) is 22.9 Å². The molecule has 0 saturated heterocycles. The zero-order valence-corrected chi connectivity index (χ0v) is 28.3. The van der Waals surface area contributed by atoms with Gasteiger partial charge in [-0.15, -0.1) is 28.1 Å². The van der Waals surface area contributed by atoms with Crippen LogP contribution in [0.4, 0.5) is 11.4 Å². The molecule has 14 heteroatoms. The fourth-order valence-corrected chi connectivity index (χ4v) is 6.72. The third kappa shape index (κ3) is 4.77. The molecule has 8 aromatic rings. The number of esters is 2. The van der Waals surface area contributed by atoms with E-state index in [1.54, 1.807) is 36.4 Å². The predicted octanol–water partition coefficient (Wildman–Crippen LogP) is 5.27. The molecule has 0 atom stereocenters. The minimum Gasteiger partial charge on any atom is -0.506 e. The zero-order chi connectivity index (χ0) is 34.8. The normalized spacial score (nSPS) is 12.0. The minimum atomic E-state index is -0.529. The van der Waals surface area contributed by atoms with E-state index in [4.69, 9.17) is 9.47 Å². The van der Waals surface area contributed by atoms with Crippen LogP contribution in [0.25, 0.3) is 33.4 Å². The summed E-state index contributed by atoms with van der Waals surface area (Å²) < 4.78 is 18.3. The Balaban J connectivity index is 0.878. The number of aromatic nitrogens is 6. The highest BCUT2D eigenvalue weighted by Gasteiger charge is 2.28. The summed E-state index contributed by atoms with van der Waals surface area (Å²) in [5.41, 5.74) is 7.35. The highest BCUT2D eigenvalue weighted by molar-refractivity contribution is 5.95. The molecule has 0 bridgehead atoms. The van der Waals surface area contributed by atoms with Gasteiger partial charge in [-0.3, -0.25) is 0 Å². The van der Waals surface area contributed by atoms with Gasteiger partial charge in [0.05, 0.1) is 11.1 Å². The van der Waals surface area contributed by atoms with Crippen LogP contribution in [0.3, 0.4) is 0 Å². The number of fused-ring (bicyclic) bond motifs is 8. The second-order valence-electron chi connectivity index (χ2n) is 12.1. The number of ether oxygens (including phenoxy) is 2. The monoisotopic (exact) mass is 678 g/mol. The smallest absolute Gasteiger partial charge is 0.338 e. The summed E-state index contributed by atoms with van der Waals surface area (Å²) in [5.74, 6) is -0.727. The van der Waals surface area contributed by atoms with Crippen molar-refractivity contribution in [2.45, 2.75) is 27.7 Å². The summed E-state index contributed by atoms with van der Waals surface area (Å²) in [4.78, 5) is 33.6. The van der Waals surface area contributed by atoms with Gasteiger partial charge in [0.1, 0.15) is 58.2 Å². The van der Waals surface area contributed by atoms with Gasteiger partial charge < -0.3 is 29.5 Å². The number of aromatic hydroxyl groups is 2. The van der Waals surface area contributed by atoms with Crippen molar-refractivity contribution in [2.75, 3.05) is 49.2 Å². The van der Waals surface area contributed by atoms with Crippen LogP contribution in [0, 0.1) is 0 Å². The Morgan fingerprint density at radius 2 is 0.920 bits per heavy atom. The summed E-state index contributed by atoms with van der Waals surface area (Å²) in [6, 6.07) is 21.8. The van der Waals surface area contributed by atoms with Crippen molar-refractivity contribution in [2.24, 2.45) is 0 Å².